The maximum absolute atomic E-state index is 12.2. The fourth-order valence-corrected chi connectivity index (χ4v) is 3.12. The Morgan fingerprint density at radius 3 is 2.48 bits per heavy atom. The number of para-hydroxylation sites is 1. The summed E-state index contributed by atoms with van der Waals surface area (Å²) in [6.45, 7) is 1.77. The second kappa shape index (κ2) is 7.92. The van der Waals surface area contributed by atoms with Crippen LogP contribution < -0.4 is 10.9 Å². The molecule has 0 atom stereocenters. The number of nitro benzene ring substituents is 1. The van der Waals surface area contributed by atoms with Crippen molar-refractivity contribution in [1.29, 1.82) is 0 Å². The molecular weight excluding hydrogens is 370 g/mol. The summed E-state index contributed by atoms with van der Waals surface area (Å²) in [5.41, 5.74) is 5.92. The van der Waals surface area contributed by atoms with Crippen LogP contribution in [0.25, 0.3) is 11.0 Å². The van der Waals surface area contributed by atoms with Gasteiger partial charge in [-0.1, -0.05) is 18.2 Å². The summed E-state index contributed by atoms with van der Waals surface area (Å²) < 4.78 is 5.53. The number of non-ortho nitro benzene ring substituents is 1. The number of hydrazine groups is 1. The number of hydrogen-bond donors (Lipinski definition) is 2. The summed E-state index contributed by atoms with van der Waals surface area (Å²) in [5.74, 6) is -0.783. The van der Waals surface area contributed by atoms with Gasteiger partial charge in [0.05, 0.1) is 10.7 Å². The van der Waals surface area contributed by atoms with Crippen molar-refractivity contribution in [2.45, 2.75) is 11.8 Å². The zero-order chi connectivity index (χ0) is 19.4. The van der Waals surface area contributed by atoms with E-state index in [0.29, 0.717) is 16.0 Å². The first-order valence-electron chi connectivity index (χ1n) is 7.90. The number of thioether (sulfide) groups is 1. The largest absolute Gasteiger partial charge is 0.451 e. The molecule has 0 spiro atoms. The van der Waals surface area contributed by atoms with E-state index in [2.05, 4.69) is 10.9 Å². The Morgan fingerprint density at radius 2 is 1.81 bits per heavy atom. The number of amides is 2. The van der Waals surface area contributed by atoms with E-state index < -0.39 is 16.7 Å². The van der Waals surface area contributed by atoms with Crippen molar-refractivity contribution in [2.24, 2.45) is 0 Å². The van der Waals surface area contributed by atoms with Crippen LogP contribution in [0.1, 0.15) is 16.1 Å². The zero-order valence-corrected chi connectivity index (χ0v) is 15.0. The summed E-state index contributed by atoms with van der Waals surface area (Å²) in [5, 5.41) is 11.4. The molecule has 0 aliphatic rings. The van der Waals surface area contributed by atoms with Gasteiger partial charge in [0.2, 0.25) is 5.91 Å². The molecular formula is C18H15N3O5S. The summed E-state index contributed by atoms with van der Waals surface area (Å²) in [4.78, 5) is 35.0. The maximum Gasteiger partial charge on any atom is 0.305 e. The molecule has 0 aliphatic carbocycles. The van der Waals surface area contributed by atoms with E-state index in [-0.39, 0.29) is 17.2 Å². The molecule has 8 nitrogen and oxygen atoms in total. The lowest BCUT2D eigenvalue weighted by molar-refractivity contribution is -0.384. The van der Waals surface area contributed by atoms with Crippen LogP contribution in [-0.2, 0) is 4.79 Å². The maximum atomic E-state index is 12.2. The van der Waals surface area contributed by atoms with Crippen LogP contribution in [0.4, 0.5) is 5.69 Å². The lowest BCUT2D eigenvalue weighted by atomic mass is 10.1. The van der Waals surface area contributed by atoms with Gasteiger partial charge < -0.3 is 4.42 Å². The summed E-state index contributed by atoms with van der Waals surface area (Å²) >= 11 is 1.19. The van der Waals surface area contributed by atoms with E-state index in [1.165, 1.54) is 23.9 Å². The fraction of sp³-hybridized carbons (Fsp3) is 0.111. The number of carbonyl (C=O) groups excluding carboxylic acids is 2. The fourth-order valence-electron chi connectivity index (χ4n) is 2.42. The van der Waals surface area contributed by atoms with Gasteiger partial charge in [-0.3, -0.25) is 30.6 Å². The van der Waals surface area contributed by atoms with Crippen LogP contribution in [0.15, 0.2) is 57.8 Å². The third-order valence-corrected chi connectivity index (χ3v) is 4.79. The summed E-state index contributed by atoms with van der Waals surface area (Å²) in [6.07, 6.45) is 0. The van der Waals surface area contributed by atoms with Crippen molar-refractivity contribution < 1.29 is 18.9 Å². The Hall–Kier alpha value is -3.33. The van der Waals surface area contributed by atoms with Crippen LogP contribution in [0.3, 0.4) is 0 Å². The van der Waals surface area contributed by atoms with Crippen LogP contribution in [0.2, 0.25) is 0 Å². The van der Waals surface area contributed by atoms with Crippen LogP contribution in [0.5, 0.6) is 0 Å². The van der Waals surface area contributed by atoms with Crippen LogP contribution in [-0.4, -0.2) is 22.5 Å². The number of nitrogens with one attached hydrogen (secondary N) is 2. The van der Waals surface area contributed by atoms with Crippen LogP contribution >= 0.6 is 11.8 Å². The van der Waals surface area contributed by atoms with Gasteiger partial charge in [0.1, 0.15) is 5.58 Å². The van der Waals surface area contributed by atoms with Gasteiger partial charge in [0.25, 0.3) is 5.69 Å². The SMILES string of the molecule is Cc1c(C(=O)NNC(=O)CSc2ccc([N+](=O)[O-])cc2)oc2ccccc12. The second-order valence-electron chi connectivity index (χ2n) is 5.59. The quantitative estimate of drug-likeness (QED) is 0.396. The van der Waals surface area contributed by atoms with Crippen molar-refractivity contribution >= 4 is 40.2 Å². The van der Waals surface area contributed by atoms with Crippen LogP contribution in [0, 0.1) is 17.0 Å². The topological polar surface area (TPSA) is 114 Å². The summed E-state index contributed by atoms with van der Waals surface area (Å²) in [7, 11) is 0. The molecule has 9 heteroatoms. The van der Waals surface area contributed by atoms with Crippen molar-refractivity contribution in [3.63, 3.8) is 0 Å². The van der Waals surface area contributed by atoms with E-state index in [0.717, 1.165) is 5.39 Å². The number of nitro groups is 1. The number of rotatable bonds is 5. The monoisotopic (exact) mass is 385 g/mol. The first kappa shape index (κ1) is 18.5. The van der Waals surface area contributed by atoms with Gasteiger partial charge in [-0.15, -0.1) is 11.8 Å². The molecule has 1 heterocycles. The van der Waals surface area contributed by atoms with Crippen molar-refractivity contribution in [2.75, 3.05) is 5.75 Å². The highest BCUT2D eigenvalue weighted by Gasteiger charge is 2.17. The Kier molecular flexibility index (Phi) is 5.41. The summed E-state index contributed by atoms with van der Waals surface area (Å²) in [6, 6.07) is 13.1. The number of aryl methyl sites for hydroxylation is 1. The van der Waals surface area contributed by atoms with Gasteiger partial charge in [-0.2, -0.15) is 0 Å². The minimum atomic E-state index is -0.544. The molecule has 1 aromatic heterocycles. The van der Waals surface area contributed by atoms with Crippen molar-refractivity contribution in [1.82, 2.24) is 10.9 Å². The third-order valence-electron chi connectivity index (χ3n) is 3.78. The Bertz CT molecular complexity index is 1010. The molecule has 2 N–H and O–H groups in total. The lowest BCUT2D eigenvalue weighted by Crippen LogP contribution is -2.42. The molecule has 0 saturated carbocycles. The molecule has 0 aliphatic heterocycles. The number of fused-ring (bicyclic) bond motifs is 1. The lowest BCUT2D eigenvalue weighted by Gasteiger charge is -2.06. The molecule has 138 valence electrons. The average Bonchev–Trinajstić information content (AvgIpc) is 3.02. The van der Waals surface area contributed by atoms with Crippen molar-refractivity contribution in [3.05, 3.63) is 70.0 Å². The normalized spacial score (nSPS) is 10.6. The number of hydrogen-bond acceptors (Lipinski definition) is 6. The van der Waals surface area contributed by atoms with Gasteiger partial charge in [-0.25, -0.2) is 0 Å². The Balaban J connectivity index is 1.53. The minimum absolute atomic E-state index is 0.0164. The molecule has 2 amide bonds. The van der Waals surface area contributed by atoms with Gasteiger partial charge in [0, 0.05) is 28.0 Å². The number of furan rings is 1. The predicted octanol–water partition coefficient (Wildman–Crippen LogP) is 3.20. The van der Waals surface area contributed by atoms with Gasteiger partial charge >= 0.3 is 5.91 Å². The molecule has 3 aromatic rings. The number of carbonyl (C=O) groups is 2. The molecule has 2 aromatic carbocycles. The molecule has 0 bridgehead atoms. The number of nitrogens with zero attached hydrogens (tertiary/aromatic N) is 1. The number of benzene rings is 2. The Morgan fingerprint density at radius 1 is 1.11 bits per heavy atom. The minimum Gasteiger partial charge on any atom is -0.451 e. The molecule has 27 heavy (non-hydrogen) atoms. The van der Waals surface area contributed by atoms with E-state index in [4.69, 9.17) is 4.42 Å². The first-order valence-corrected chi connectivity index (χ1v) is 8.89. The molecule has 0 unspecified atom stereocenters. The molecule has 0 radical (unpaired) electrons. The highest BCUT2D eigenvalue weighted by atomic mass is 32.2. The third kappa shape index (κ3) is 4.26. The predicted molar refractivity (Wildman–Crippen MR) is 100 cm³/mol. The second-order valence-corrected chi connectivity index (χ2v) is 6.64. The van der Waals surface area contributed by atoms with Gasteiger partial charge in [0.15, 0.2) is 5.76 Å². The van der Waals surface area contributed by atoms with Crippen molar-refractivity contribution in [3.8, 4) is 0 Å². The molecule has 0 fully saturated rings. The Labute approximate surface area is 158 Å². The average molecular weight is 385 g/mol. The zero-order valence-electron chi connectivity index (χ0n) is 14.2. The highest BCUT2D eigenvalue weighted by molar-refractivity contribution is 8.00. The smallest absolute Gasteiger partial charge is 0.305 e. The van der Waals surface area contributed by atoms with E-state index in [9.17, 15) is 19.7 Å². The highest BCUT2D eigenvalue weighted by Crippen LogP contribution is 2.24. The van der Waals surface area contributed by atoms with Gasteiger partial charge in [-0.05, 0) is 25.1 Å². The standard InChI is InChI=1S/C18H15N3O5S/c1-11-14-4-2-3-5-15(14)26-17(11)18(23)20-19-16(22)10-27-13-8-6-12(7-9-13)21(24)25/h2-9H,10H2,1H3,(H,19,22)(H,20,23). The molecule has 3 rings (SSSR count). The van der Waals surface area contributed by atoms with E-state index in [1.807, 2.05) is 18.2 Å². The molecule has 0 saturated heterocycles. The van der Waals surface area contributed by atoms with E-state index in [1.54, 1.807) is 25.1 Å². The first-order chi connectivity index (χ1) is 13.0. The van der Waals surface area contributed by atoms with E-state index >= 15 is 0 Å².